The Kier molecular flexibility index (Phi) is 13.2. The summed E-state index contributed by atoms with van der Waals surface area (Å²) in [5.74, 6) is 0. The van der Waals surface area contributed by atoms with Gasteiger partial charge in [-0.1, -0.05) is 143 Å². The van der Waals surface area contributed by atoms with E-state index in [9.17, 15) is 0 Å². The summed E-state index contributed by atoms with van der Waals surface area (Å²) in [5.41, 5.74) is 6.27. The average Bonchev–Trinajstić information content (AvgIpc) is 3.14. The molecule has 0 N–H and O–H groups in total. The number of methoxy groups -OCH3 is 1. The van der Waals surface area contributed by atoms with Gasteiger partial charge in [-0.2, -0.15) is 0 Å². The van der Waals surface area contributed by atoms with Gasteiger partial charge in [-0.25, -0.2) is 0 Å². The van der Waals surface area contributed by atoms with Gasteiger partial charge in [0.2, 0.25) is 0 Å². The molecule has 1 fully saturated rings. The predicted molar refractivity (Wildman–Crippen MR) is 194 cm³/mol. The Morgan fingerprint density at radius 2 is 0.980 bits per heavy atom. The van der Waals surface area contributed by atoms with Crippen LogP contribution in [0.15, 0.2) is 144 Å². The molecule has 0 unspecified atom stereocenters. The van der Waals surface area contributed by atoms with E-state index in [4.69, 9.17) is 28.4 Å². The summed E-state index contributed by atoms with van der Waals surface area (Å²) in [5, 5.41) is 0. The van der Waals surface area contributed by atoms with E-state index in [1.807, 2.05) is 72.8 Å². The molecular weight excluding hydrogens is 680 g/mol. The maximum atomic E-state index is 7.07. The van der Waals surface area contributed by atoms with Gasteiger partial charge < -0.3 is 28.4 Å². The molecule has 0 aliphatic carbocycles. The number of rotatable bonds is 16. The van der Waals surface area contributed by atoms with E-state index in [0.717, 1.165) is 37.9 Å². The van der Waals surface area contributed by atoms with Crippen LogP contribution in [-0.4, -0.2) is 38.1 Å². The quantitative estimate of drug-likeness (QED) is 0.101. The summed E-state index contributed by atoms with van der Waals surface area (Å²) in [7, 11) is 1.70. The lowest BCUT2D eigenvalue weighted by Gasteiger charge is -2.46. The second-order valence-corrected chi connectivity index (χ2v) is 13.1. The molecule has 49 heavy (non-hydrogen) atoms. The molecule has 1 saturated heterocycles. The lowest BCUT2D eigenvalue weighted by molar-refractivity contribution is -0.275. The van der Waals surface area contributed by atoms with Gasteiger partial charge in [0.15, 0.2) is 0 Å². The van der Waals surface area contributed by atoms with Crippen LogP contribution in [0, 0.1) is 0 Å². The van der Waals surface area contributed by atoms with Gasteiger partial charge in [0.1, 0.15) is 30.5 Å². The van der Waals surface area contributed by atoms with Crippen molar-refractivity contribution in [2.24, 2.45) is 0 Å². The summed E-state index contributed by atoms with van der Waals surface area (Å²) in [6.07, 6.45) is -2.46. The highest BCUT2D eigenvalue weighted by molar-refractivity contribution is 9.10. The summed E-state index contributed by atoms with van der Waals surface area (Å²) in [6, 6.07) is 47.0. The molecule has 6 nitrogen and oxygen atoms in total. The molecule has 0 aromatic heterocycles. The third-order valence-electron chi connectivity index (χ3n) is 8.50. The van der Waals surface area contributed by atoms with Gasteiger partial charge >= 0.3 is 0 Å². The van der Waals surface area contributed by atoms with Crippen LogP contribution in [0.25, 0.3) is 0 Å². The Balaban J connectivity index is 1.37. The van der Waals surface area contributed by atoms with Gasteiger partial charge in [0.25, 0.3) is 0 Å². The second kappa shape index (κ2) is 18.4. The Morgan fingerprint density at radius 1 is 0.510 bits per heavy atom. The summed E-state index contributed by atoms with van der Waals surface area (Å²) >= 11 is 3.73. The third kappa shape index (κ3) is 10.2. The number of hydrogen-bond donors (Lipinski definition) is 0. The van der Waals surface area contributed by atoms with Crippen LogP contribution in [0.5, 0.6) is 0 Å². The Bertz CT molecular complexity index is 1670. The first-order valence-electron chi connectivity index (χ1n) is 16.7. The molecule has 0 spiro atoms. The van der Waals surface area contributed by atoms with Crippen molar-refractivity contribution in [2.45, 2.75) is 63.6 Å². The molecule has 7 heteroatoms. The standard InChI is InChI=1S/C42H43BrO6/c1-44-25-35-22-36(24-37(43)23-35)39-41(47-28-33-18-10-4-11-19-33)42(48-29-34-20-12-5-13-21-34)40(46-27-32-16-8-3-9-17-32)38(49-39)30-45-26-31-14-6-2-7-15-31/h2-24,38-42H,25-30H2,1H3/t38-,39+,40-,41+,42+/m1/s1. The van der Waals surface area contributed by atoms with Crippen LogP contribution in [-0.2, 0) is 61.5 Å². The van der Waals surface area contributed by atoms with Gasteiger partial charge in [-0.05, 0) is 45.5 Å². The average molecular weight is 724 g/mol. The maximum absolute atomic E-state index is 7.07. The second-order valence-electron chi connectivity index (χ2n) is 12.2. The smallest absolute Gasteiger partial charge is 0.117 e. The van der Waals surface area contributed by atoms with Crippen molar-refractivity contribution in [2.75, 3.05) is 13.7 Å². The third-order valence-corrected chi connectivity index (χ3v) is 8.96. The molecule has 1 aliphatic heterocycles. The molecule has 0 radical (unpaired) electrons. The Hall–Kier alpha value is -3.66. The predicted octanol–water partition coefficient (Wildman–Crippen LogP) is 9.01. The van der Waals surface area contributed by atoms with Crippen molar-refractivity contribution >= 4 is 15.9 Å². The molecule has 5 aromatic carbocycles. The fraction of sp³-hybridized carbons (Fsp3) is 0.286. The summed E-state index contributed by atoms with van der Waals surface area (Å²) in [4.78, 5) is 0. The van der Waals surface area contributed by atoms with E-state index in [1.165, 1.54) is 0 Å². The van der Waals surface area contributed by atoms with Crippen LogP contribution >= 0.6 is 15.9 Å². The molecule has 0 saturated carbocycles. The van der Waals surface area contributed by atoms with E-state index >= 15 is 0 Å². The first kappa shape index (κ1) is 35.2. The number of ether oxygens (including phenoxy) is 6. The van der Waals surface area contributed by atoms with Gasteiger partial charge in [0.05, 0.1) is 39.6 Å². The fourth-order valence-corrected chi connectivity index (χ4v) is 6.71. The monoisotopic (exact) mass is 722 g/mol. The van der Waals surface area contributed by atoms with Crippen LogP contribution in [0.4, 0.5) is 0 Å². The molecule has 0 bridgehead atoms. The Labute approximate surface area is 298 Å². The van der Waals surface area contributed by atoms with Crippen molar-refractivity contribution < 1.29 is 28.4 Å². The largest absolute Gasteiger partial charge is 0.380 e. The molecule has 0 amide bonds. The van der Waals surface area contributed by atoms with E-state index in [2.05, 4.69) is 82.7 Å². The fourth-order valence-electron chi connectivity index (χ4n) is 6.15. The molecule has 1 heterocycles. The summed E-state index contributed by atoms with van der Waals surface area (Å²) < 4.78 is 40.4. The molecule has 254 valence electrons. The van der Waals surface area contributed by atoms with Crippen molar-refractivity contribution in [3.63, 3.8) is 0 Å². The first-order valence-corrected chi connectivity index (χ1v) is 17.5. The number of benzene rings is 5. The zero-order valence-corrected chi connectivity index (χ0v) is 29.3. The maximum Gasteiger partial charge on any atom is 0.117 e. The molecule has 6 rings (SSSR count). The highest BCUT2D eigenvalue weighted by atomic mass is 79.9. The SMILES string of the molecule is COCc1cc(Br)cc([C@@H]2O[C@H](COCc3ccccc3)[C@@H](OCc3ccccc3)[C@H](OCc3ccccc3)[C@H]2OCc2ccccc2)c1. The van der Waals surface area contributed by atoms with Crippen LogP contribution < -0.4 is 0 Å². The number of halogens is 1. The van der Waals surface area contributed by atoms with E-state index in [1.54, 1.807) is 7.11 Å². The Morgan fingerprint density at radius 3 is 1.49 bits per heavy atom. The minimum Gasteiger partial charge on any atom is -0.380 e. The lowest BCUT2D eigenvalue weighted by Crippen LogP contribution is -2.58. The first-order chi connectivity index (χ1) is 24.2. The van der Waals surface area contributed by atoms with Crippen LogP contribution in [0.2, 0.25) is 0 Å². The van der Waals surface area contributed by atoms with E-state index in [0.29, 0.717) is 39.6 Å². The molecule has 5 aromatic rings. The van der Waals surface area contributed by atoms with Gasteiger partial charge in [0, 0.05) is 11.6 Å². The summed E-state index contributed by atoms with van der Waals surface area (Å²) in [6.45, 7) is 2.39. The topological polar surface area (TPSA) is 55.4 Å². The van der Waals surface area contributed by atoms with Crippen molar-refractivity contribution in [1.82, 2.24) is 0 Å². The zero-order valence-electron chi connectivity index (χ0n) is 27.7. The normalized spacial score (nSPS) is 20.7. The molecule has 5 atom stereocenters. The molecule has 1 aliphatic rings. The highest BCUT2D eigenvalue weighted by Crippen LogP contribution is 2.39. The van der Waals surface area contributed by atoms with Crippen LogP contribution in [0.3, 0.4) is 0 Å². The molecular formula is C42H43BrO6. The van der Waals surface area contributed by atoms with Crippen LogP contribution in [0.1, 0.15) is 39.5 Å². The zero-order chi connectivity index (χ0) is 33.7. The van der Waals surface area contributed by atoms with E-state index in [-0.39, 0.29) is 0 Å². The lowest BCUT2D eigenvalue weighted by atomic mass is 9.89. The van der Waals surface area contributed by atoms with Crippen molar-refractivity contribution in [3.05, 3.63) is 177 Å². The van der Waals surface area contributed by atoms with Gasteiger partial charge in [-0.15, -0.1) is 0 Å². The minimum absolute atomic E-state index is 0.306. The van der Waals surface area contributed by atoms with Crippen molar-refractivity contribution in [1.29, 1.82) is 0 Å². The van der Waals surface area contributed by atoms with E-state index < -0.39 is 30.5 Å². The number of hydrogen-bond acceptors (Lipinski definition) is 6. The minimum atomic E-state index is -0.514. The van der Waals surface area contributed by atoms with Gasteiger partial charge in [-0.3, -0.25) is 0 Å². The van der Waals surface area contributed by atoms with Crippen molar-refractivity contribution in [3.8, 4) is 0 Å². The highest BCUT2D eigenvalue weighted by Gasteiger charge is 2.49.